The molecule has 0 aliphatic rings. The molecule has 1 aromatic rings. The minimum atomic E-state index is 0.165. The fraction of sp³-hybridized carbons (Fsp3) is 0.647. The Morgan fingerprint density at radius 1 is 1.05 bits per heavy atom. The second-order valence-corrected chi connectivity index (χ2v) is 5.68. The largest absolute Gasteiger partial charge is 0.384 e. The first-order valence-corrected chi connectivity index (χ1v) is 7.93. The van der Waals surface area contributed by atoms with Crippen molar-refractivity contribution in [2.24, 2.45) is 0 Å². The smallest absolute Gasteiger partial charge is 0.0585 e. The molecule has 1 unspecified atom stereocenters. The zero-order valence-corrected chi connectivity index (χ0v) is 13.1. The van der Waals surface area contributed by atoms with Crippen molar-refractivity contribution >= 4 is 11.6 Å². The van der Waals surface area contributed by atoms with Crippen LogP contribution in [0, 0.1) is 0 Å². The van der Waals surface area contributed by atoms with Gasteiger partial charge in [-0.2, -0.15) is 0 Å². The molecule has 1 atom stereocenters. The number of benzene rings is 1. The summed E-state index contributed by atoms with van der Waals surface area (Å²) < 4.78 is 5.08. The first-order valence-electron chi connectivity index (χ1n) is 7.49. The summed E-state index contributed by atoms with van der Waals surface area (Å²) in [4.78, 5) is 0. The van der Waals surface area contributed by atoms with Crippen molar-refractivity contribution in [1.82, 2.24) is 0 Å². The Kier molecular flexibility index (Phi) is 8.94. The van der Waals surface area contributed by atoms with Gasteiger partial charge in [-0.1, -0.05) is 63.3 Å². The van der Waals surface area contributed by atoms with E-state index >= 15 is 0 Å². The summed E-state index contributed by atoms with van der Waals surface area (Å²) in [7, 11) is 1.74. The number of rotatable bonds is 10. The number of unbranched alkanes of at least 4 members (excludes halogenated alkanes) is 4. The van der Waals surface area contributed by atoms with Crippen molar-refractivity contribution in [2.45, 2.75) is 57.2 Å². The van der Waals surface area contributed by atoms with E-state index in [0.29, 0.717) is 0 Å². The van der Waals surface area contributed by atoms with Crippen molar-refractivity contribution in [3.63, 3.8) is 0 Å². The van der Waals surface area contributed by atoms with Gasteiger partial charge in [0.2, 0.25) is 0 Å². The lowest BCUT2D eigenvalue weighted by atomic mass is 10.0. The molecular formula is C17H27ClO. The highest BCUT2D eigenvalue weighted by atomic mass is 35.5. The molecule has 19 heavy (non-hydrogen) atoms. The van der Waals surface area contributed by atoms with E-state index in [-0.39, 0.29) is 5.38 Å². The van der Waals surface area contributed by atoms with Crippen molar-refractivity contribution in [2.75, 3.05) is 13.7 Å². The van der Waals surface area contributed by atoms with Gasteiger partial charge in [-0.3, -0.25) is 0 Å². The summed E-state index contributed by atoms with van der Waals surface area (Å²) in [6, 6.07) is 8.66. The molecule has 0 aromatic heterocycles. The van der Waals surface area contributed by atoms with E-state index in [1.54, 1.807) is 7.11 Å². The van der Waals surface area contributed by atoms with Gasteiger partial charge >= 0.3 is 0 Å². The van der Waals surface area contributed by atoms with Crippen LogP contribution < -0.4 is 0 Å². The Morgan fingerprint density at radius 3 is 2.37 bits per heavy atom. The minimum absolute atomic E-state index is 0.165. The van der Waals surface area contributed by atoms with E-state index in [4.69, 9.17) is 16.3 Å². The molecule has 1 rings (SSSR count). The van der Waals surface area contributed by atoms with Crippen LogP contribution in [0.25, 0.3) is 0 Å². The Hall–Kier alpha value is -0.530. The molecule has 0 aliphatic carbocycles. The number of hydrogen-bond donors (Lipinski definition) is 0. The van der Waals surface area contributed by atoms with Gasteiger partial charge < -0.3 is 4.74 Å². The van der Waals surface area contributed by atoms with Crippen LogP contribution in [0.5, 0.6) is 0 Å². The van der Waals surface area contributed by atoms with Crippen LogP contribution in [0.4, 0.5) is 0 Å². The SMILES string of the molecule is CCCCCCCC(Cl)c1ccc(CCOC)cc1. The van der Waals surface area contributed by atoms with Crippen molar-refractivity contribution < 1.29 is 4.74 Å². The maximum Gasteiger partial charge on any atom is 0.0585 e. The number of ether oxygens (including phenoxy) is 1. The van der Waals surface area contributed by atoms with E-state index in [1.165, 1.54) is 43.2 Å². The topological polar surface area (TPSA) is 9.23 Å². The third kappa shape index (κ3) is 6.98. The third-order valence-corrected chi connectivity index (χ3v) is 3.97. The summed E-state index contributed by atoms with van der Waals surface area (Å²) in [5.41, 5.74) is 2.57. The quantitative estimate of drug-likeness (QED) is 0.406. The van der Waals surface area contributed by atoms with Crippen molar-refractivity contribution in [3.8, 4) is 0 Å². The molecule has 0 radical (unpaired) electrons. The fourth-order valence-corrected chi connectivity index (χ4v) is 2.51. The Morgan fingerprint density at radius 2 is 1.74 bits per heavy atom. The molecular weight excluding hydrogens is 256 g/mol. The van der Waals surface area contributed by atoms with Crippen molar-refractivity contribution in [3.05, 3.63) is 35.4 Å². The highest BCUT2D eigenvalue weighted by molar-refractivity contribution is 6.20. The Labute approximate surface area is 123 Å². The zero-order valence-electron chi connectivity index (χ0n) is 12.3. The van der Waals surface area contributed by atoms with Gasteiger partial charge in [-0.05, 0) is 24.0 Å². The third-order valence-electron chi connectivity index (χ3n) is 3.50. The van der Waals surface area contributed by atoms with Crippen LogP contribution in [0.1, 0.15) is 62.0 Å². The number of halogens is 1. The monoisotopic (exact) mass is 282 g/mol. The molecule has 0 saturated heterocycles. The Balaban J connectivity index is 2.29. The number of methoxy groups -OCH3 is 1. The summed E-state index contributed by atoms with van der Waals surface area (Å²) in [5, 5.41) is 0.165. The maximum atomic E-state index is 6.45. The highest BCUT2D eigenvalue weighted by Gasteiger charge is 2.07. The van der Waals surface area contributed by atoms with E-state index in [0.717, 1.165) is 19.4 Å². The average molecular weight is 283 g/mol. The molecule has 0 N–H and O–H groups in total. The lowest BCUT2D eigenvalue weighted by molar-refractivity contribution is 0.202. The molecule has 0 bridgehead atoms. The fourth-order valence-electron chi connectivity index (χ4n) is 2.21. The lowest BCUT2D eigenvalue weighted by Gasteiger charge is -2.10. The summed E-state index contributed by atoms with van der Waals surface area (Å²) in [6.07, 6.45) is 8.59. The molecule has 1 aromatic carbocycles. The van der Waals surface area contributed by atoms with Crippen LogP contribution in [-0.4, -0.2) is 13.7 Å². The number of alkyl halides is 1. The lowest BCUT2D eigenvalue weighted by Crippen LogP contribution is -1.96. The van der Waals surface area contributed by atoms with E-state index in [1.807, 2.05) is 0 Å². The zero-order chi connectivity index (χ0) is 13.9. The summed E-state index contributed by atoms with van der Waals surface area (Å²) in [6.45, 7) is 3.02. The van der Waals surface area contributed by atoms with Gasteiger partial charge in [0.1, 0.15) is 0 Å². The van der Waals surface area contributed by atoms with Crippen LogP contribution in [0.15, 0.2) is 24.3 Å². The molecule has 0 aliphatic heterocycles. The van der Waals surface area contributed by atoms with Crippen LogP contribution >= 0.6 is 11.6 Å². The van der Waals surface area contributed by atoms with Gasteiger partial charge in [0.25, 0.3) is 0 Å². The summed E-state index contributed by atoms with van der Waals surface area (Å²) >= 11 is 6.45. The predicted octanol–water partition coefficient (Wildman–Crippen LogP) is 5.52. The maximum absolute atomic E-state index is 6.45. The van der Waals surface area contributed by atoms with Gasteiger partial charge in [0.15, 0.2) is 0 Å². The second-order valence-electron chi connectivity index (χ2n) is 5.15. The van der Waals surface area contributed by atoms with E-state index in [9.17, 15) is 0 Å². The molecule has 0 spiro atoms. The Bertz CT molecular complexity index is 321. The molecule has 0 saturated carbocycles. The van der Waals surface area contributed by atoms with Gasteiger partial charge in [-0.25, -0.2) is 0 Å². The van der Waals surface area contributed by atoms with Gasteiger partial charge in [0, 0.05) is 7.11 Å². The highest BCUT2D eigenvalue weighted by Crippen LogP contribution is 2.27. The molecule has 0 fully saturated rings. The first-order chi connectivity index (χ1) is 9.27. The minimum Gasteiger partial charge on any atom is -0.384 e. The van der Waals surface area contributed by atoms with E-state index in [2.05, 4.69) is 31.2 Å². The standard InChI is InChI=1S/C17H27ClO/c1-3-4-5-6-7-8-17(18)16-11-9-15(10-12-16)13-14-19-2/h9-12,17H,3-8,13-14H2,1-2H3. The van der Waals surface area contributed by atoms with Crippen LogP contribution in [-0.2, 0) is 11.2 Å². The molecule has 1 nitrogen and oxygen atoms in total. The average Bonchev–Trinajstić information content (AvgIpc) is 2.45. The first kappa shape index (κ1) is 16.5. The molecule has 0 amide bonds. The summed E-state index contributed by atoms with van der Waals surface area (Å²) in [5.74, 6) is 0. The van der Waals surface area contributed by atoms with E-state index < -0.39 is 0 Å². The number of hydrogen-bond acceptors (Lipinski definition) is 1. The predicted molar refractivity (Wildman–Crippen MR) is 84.0 cm³/mol. The second kappa shape index (κ2) is 10.3. The van der Waals surface area contributed by atoms with Gasteiger partial charge in [0.05, 0.1) is 12.0 Å². The molecule has 2 heteroatoms. The van der Waals surface area contributed by atoms with Crippen LogP contribution in [0.2, 0.25) is 0 Å². The molecule has 108 valence electrons. The normalized spacial score (nSPS) is 12.6. The van der Waals surface area contributed by atoms with Gasteiger partial charge in [-0.15, -0.1) is 11.6 Å². The van der Waals surface area contributed by atoms with Crippen LogP contribution in [0.3, 0.4) is 0 Å². The van der Waals surface area contributed by atoms with Crippen molar-refractivity contribution in [1.29, 1.82) is 0 Å². The molecule has 0 heterocycles.